The van der Waals surface area contributed by atoms with Gasteiger partial charge in [-0.1, -0.05) is 0 Å². The zero-order valence-electron chi connectivity index (χ0n) is 10.1. The molecular weight excluding hydrogens is 234 g/mol. The third-order valence-electron chi connectivity index (χ3n) is 3.15. The second kappa shape index (κ2) is 4.87. The molecule has 0 aliphatic carbocycles. The van der Waals surface area contributed by atoms with Gasteiger partial charge < -0.3 is 19.8 Å². The monoisotopic (exact) mass is 249 g/mol. The van der Waals surface area contributed by atoms with Crippen molar-refractivity contribution >= 4 is 17.0 Å². The van der Waals surface area contributed by atoms with Crippen molar-refractivity contribution in [1.82, 2.24) is 19.9 Å². The largest absolute Gasteiger partial charge is 0.379 e. The second-order valence-electron chi connectivity index (χ2n) is 4.21. The second-order valence-corrected chi connectivity index (χ2v) is 4.21. The summed E-state index contributed by atoms with van der Waals surface area (Å²) in [6, 6.07) is 0.185. The van der Waals surface area contributed by atoms with Gasteiger partial charge in [0.2, 0.25) is 0 Å². The van der Waals surface area contributed by atoms with Crippen LogP contribution < -0.4 is 5.32 Å². The standard InChI is InChI=1S/C11H15N5O2/c1-17-8-4-18-3-2-7(8)16-11-9-10(13-5-12-9)14-6-15-11/h5-8H,2-4H2,1H3,(H2,12,13,14,15,16)/t7-,8-/m0/s1. The molecule has 96 valence electrons. The van der Waals surface area contributed by atoms with Crippen molar-refractivity contribution in [1.29, 1.82) is 0 Å². The van der Waals surface area contributed by atoms with E-state index in [0.717, 1.165) is 24.4 Å². The molecule has 3 heterocycles. The number of rotatable bonds is 3. The molecule has 2 aromatic heterocycles. The maximum atomic E-state index is 5.41. The topological polar surface area (TPSA) is 84.9 Å². The van der Waals surface area contributed by atoms with Crippen molar-refractivity contribution in [2.75, 3.05) is 25.6 Å². The van der Waals surface area contributed by atoms with Crippen molar-refractivity contribution in [3.8, 4) is 0 Å². The zero-order chi connectivity index (χ0) is 12.4. The van der Waals surface area contributed by atoms with Gasteiger partial charge in [-0.15, -0.1) is 0 Å². The van der Waals surface area contributed by atoms with Crippen molar-refractivity contribution < 1.29 is 9.47 Å². The van der Waals surface area contributed by atoms with Crippen molar-refractivity contribution in [2.45, 2.75) is 18.6 Å². The quantitative estimate of drug-likeness (QED) is 0.827. The molecule has 2 N–H and O–H groups in total. The molecule has 7 heteroatoms. The number of ether oxygens (including phenoxy) is 2. The van der Waals surface area contributed by atoms with Crippen LogP contribution in [0.5, 0.6) is 0 Å². The minimum atomic E-state index is 0.0340. The summed E-state index contributed by atoms with van der Waals surface area (Å²) in [5.41, 5.74) is 1.48. The number of methoxy groups -OCH3 is 1. The summed E-state index contributed by atoms with van der Waals surface area (Å²) < 4.78 is 10.8. The molecule has 0 spiro atoms. The lowest BCUT2D eigenvalue weighted by Gasteiger charge is -2.31. The normalized spacial score (nSPS) is 24.3. The number of nitrogens with one attached hydrogen (secondary N) is 2. The van der Waals surface area contributed by atoms with Gasteiger partial charge >= 0.3 is 0 Å². The number of aromatic amines is 1. The van der Waals surface area contributed by atoms with E-state index in [9.17, 15) is 0 Å². The summed E-state index contributed by atoms with van der Waals surface area (Å²) in [5, 5.41) is 3.38. The Morgan fingerprint density at radius 1 is 1.44 bits per heavy atom. The highest BCUT2D eigenvalue weighted by Gasteiger charge is 2.26. The van der Waals surface area contributed by atoms with Crippen LogP contribution in [-0.2, 0) is 9.47 Å². The number of anilines is 1. The highest BCUT2D eigenvalue weighted by atomic mass is 16.5. The van der Waals surface area contributed by atoms with Crippen LogP contribution in [0.3, 0.4) is 0 Å². The smallest absolute Gasteiger partial charge is 0.182 e. The maximum absolute atomic E-state index is 5.41. The van der Waals surface area contributed by atoms with E-state index in [2.05, 4.69) is 25.3 Å². The van der Waals surface area contributed by atoms with E-state index in [0.29, 0.717) is 12.3 Å². The molecular formula is C11H15N5O2. The summed E-state index contributed by atoms with van der Waals surface area (Å²) in [7, 11) is 1.69. The van der Waals surface area contributed by atoms with Crippen LogP contribution in [0.25, 0.3) is 11.2 Å². The van der Waals surface area contributed by atoms with E-state index in [1.807, 2.05) is 0 Å². The van der Waals surface area contributed by atoms with E-state index in [1.54, 1.807) is 13.4 Å². The van der Waals surface area contributed by atoms with Crippen LogP contribution >= 0.6 is 0 Å². The first kappa shape index (κ1) is 11.4. The van der Waals surface area contributed by atoms with Gasteiger partial charge in [0.1, 0.15) is 17.9 Å². The van der Waals surface area contributed by atoms with E-state index in [4.69, 9.17) is 9.47 Å². The minimum absolute atomic E-state index is 0.0340. The van der Waals surface area contributed by atoms with Gasteiger partial charge in [-0.2, -0.15) is 0 Å². The fourth-order valence-electron chi connectivity index (χ4n) is 2.16. The highest BCUT2D eigenvalue weighted by Crippen LogP contribution is 2.20. The molecule has 2 aromatic rings. The lowest BCUT2D eigenvalue weighted by molar-refractivity contribution is -0.0366. The lowest BCUT2D eigenvalue weighted by Crippen LogP contribution is -2.43. The zero-order valence-corrected chi connectivity index (χ0v) is 10.1. The average Bonchev–Trinajstić information content (AvgIpc) is 2.89. The fourth-order valence-corrected chi connectivity index (χ4v) is 2.16. The van der Waals surface area contributed by atoms with Crippen LogP contribution in [0.1, 0.15) is 6.42 Å². The van der Waals surface area contributed by atoms with Crippen molar-refractivity contribution in [3.63, 3.8) is 0 Å². The number of hydrogen-bond acceptors (Lipinski definition) is 6. The molecule has 0 unspecified atom stereocenters. The van der Waals surface area contributed by atoms with E-state index in [1.165, 1.54) is 6.33 Å². The van der Waals surface area contributed by atoms with E-state index >= 15 is 0 Å². The Morgan fingerprint density at radius 2 is 2.39 bits per heavy atom. The summed E-state index contributed by atoms with van der Waals surface area (Å²) in [6.07, 6.45) is 4.04. The molecule has 7 nitrogen and oxygen atoms in total. The van der Waals surface area contributed by atoms with Crippen molar-refractivity contribution in [2.24, 2.45) is 0 Å². The van der Waals surface area contributed by atoms with Gasteiger partial charge in [0.05, 0.1) is 19.0 Å². The van der Waals surface area contributed by atoms with Crippen LogP contribution in [0, 0.1) is 0 Å². The molecule has 0 radical (unpaired) electrons. The summed E-state index contributed by atoms with van der Waals surface area (Å²) in [4.78, 5) is 15.5. The maximum Gasteiger partial charge on any atom is 0.182 e. The lowest BCUT2D eigenvalue weighted by atomic mass is 10.1. The molecule has 18 heavy (non-hydrogen) atoms. The predicted molar refractivity (Wildman–Crippen MR) is 65.3 cm³/mol. The van der Waals surface area contributed by atoms with Gasteiger partial charge in [0.25, 0.3) is 0 Å². The Morgan fingerprint density at radius 3 is 3.28 bits per heavy atom. The van der Waals surface area contributed by atoms with Crippen molar-refractivity contribution in [3.05, 3.63) is 12.7 Å². The third-order valence-corrected chi connectivity index (χ3v) is 3.15. The number of H-pyrrole nitrogens is 1. The molecule has 1 aliphatic rings. The minimum Gasteiger partial charge on any atom is -0.379 e. The predicted octanol–water partition coefficient (Wildman–Crippen LogP) is 0.569. The molecule has 1 fully saturated rings. The Bertz CT molecular complexity index is 529. The number of aromatic nitrogens is 4. The number of nitrogens with zero attached hydrogens (tertiary/aromatic N) is 3. The van der Waals surface area contributed by atoms with Gasteiger partial charge in [-0.25, -0.2) is 15.0 Å². The molecule has 0 amide bonds. The first-order valence-electron chi connectivity index (χ1n) is 5.89. The Labute approximate surface area is 104 Å². The Balaban J connectivity index is 1.84. The molecule has 0 saturated carbocycles. The number of fused-ring (bicyclic) bond motifs is 1. The number of hydrogen-bond donors (Lipinski definition) is 2. The number of imidazole rings is 1. The van der Waals surface area contributed by atoms with Gasteiger partial charge in [-0.3, -0.25) is 0 Å². The van der Waals surface area contributed by atoms with Gasteiger partial charge in [0.15, 0.2) is 11.5 Å². The molecule has 2 atom stereocenters. The van der Waals surface area contributed by atoms with Crippen LogP contribution in [-0.4, -0.2) is 52.4 Å². The molecule has 0 bridgehead atoms. The van der Waals surface area contributed by atoms with E-state index < -0.39 is 0 Å². The molecule has 1 aliphatic heterocycles. The molecule has 3 rings (SSSR count). The molecule has 0 aromatic carbocycles. The highest BCUT2D eigenvalue weighted by molar-refractivity contribution is 5.82. The van der Waals surface area contributed by atoms with Crippen LogP contribution in [0.4, 0.5) is 5.82 Å². The van der Waals surface area contributed by atoms with Crippen LogP contribution in [0.15, 0.2) is 12.7 Å². The Kier molecular flexibility index (Phi) is 3.07. The Hall–Kier alpha value is -1.73. The SMILES string of the molecule is CO[C@H]1COCC[C@@H]1Nc1ncnc2nc[nH]c12. The van der Waals surface area contributed by atoms with Gasteiger partial charge in [-0.05, 0) is 6.42 Å². The average molecular weight is 249 g/mol. The fraction of sp³-hybridized carbons (Fsp3) is 0.545. The molecule has 1 saturated heterocycles. The van der Waals surface area contributed by atoms with Crippen LogP contribution in [0.2, 0.25) is 0 Å². The first-order valence-corrected chi connectivity index (χ1v) is 5.89. The first-order chi connectivity index (χ1) is 8.88. The van der Waals surface area contributed by atoms with E-state index in [-0.39, 0.29) is 12.1 Å². The third kappa shape index (κ3) is 2.02. The summed E-state index contributed by atoms with van der Waals surface area (Å²) in [5.74, 6) is 0.756. The summed E-state index contributed by atoms with van der Waals surface area (Å²) >= 11 is 0. The summed E-state index contributed by atoms with van der Waals surface area (Å²) in [6.45, 7) is 1.33. The van der Waals surface area contributed by atoms with Gasteiger partial charge in [0, 0.05) is 13.7 Å².